The minimum absolute atomic E-state index is 0.0580. The molecule has 0 aromatic carbocycles. The zero-order valence-electron chi connectivity index (χ0n) is 14.0. The average molecular weight is 315 g/mol. The van der Waals surface area contributed by atoms with E-state index >= 15 is 0 Å². The molecule has 122 valence electrons. The molecule has 1 amide bonds. The van der Waals surface area contributed by atoms with Crippen molar-refractivity contribution < 1.29 is 18.8 Å². The summed E-state index contributed by atoms with van der Waals surface area (Å²) in [7, 11) is -1.98. The van der Waals surface area contributed by atoms with E-state index < -0.39 is 14.4 Å². The minimum Gasteiger partial charge on any atom is -0.407 e. The summed E-state index contributed by atoms with van der Waals surface area (Å²) in [5.74, 6) is 0.0870. The number of morpholine rings is 1. The molecule has 0 aromatic heterocycles. The van der Waals surface area contributed by atoms with E-state index in [9.17, 15) is 9.59 Å². The predicted octanol–water partition coefficient (Wildman–Crippen LogP) is 2.21. The Kier molecular flexibility index (Phi) is 6.56. The molecule has 1 atom stereocenters. The Bertz CT molecular complexity index is 359. The Morgan fingerprint density at radius 2 is 1.90 bits per heavy atom. The Morgan fingerprint density at radius 3 is 2.38 bits per heavy atom. The lowest BCUT2D eigenvalue weighted by molar-refractivity contribution is -0.135. The van der Waals surface area contributed by atoms with Gasteiger partial charge in [0.15, 0.2) is 8.32 Å². The van der Waals surface area contributed by atoms with Crippen LogP contribution in [0.25, 0.3) is 0 Å². The van der Waals surface area contributed by atoms with Gasteiger partial charge in [-0.1, -0.05) is 20.8 Å². The van der Waals surface area contributed by atoms with Crippen LogP contribution in [-0.4, -0.2) is 57.8 Å². The van der Waals surface area contributed by atoms with Crippen LogP contribution < -0.4 is 0 Å². The maximum atomic E-state index is 12.1. The van der Waals surface area contributed by atoms with Gasteiger partial charge in [0.05, 0.1) is 13.2 Å². The molecule has 21 heavy (non-hydrogen) atoms. The van der Waals surface area contributed by atoms with E-state index in [1.54, 1.807) is 4.90 Å². The number of hydrogen-bond acceptors (Lipinski definition) is 4. The number of nitrogens with zero attached hydrogens (tertiary/aromatic N) is 1. The lowest BCUT2D eigenvalue weighted by Crippen LogP contribution is -2.45. The second-order valence-electron chi connectivity index (χ2n) is 7.08. The molecule has 1 rings (SSSR count). The molecule has 5 nitrogen and oxygen atoms in total. The summed E-state index contributed by atoms with van der Waals surface area (Å²) in [6.45, 7) is 13.1. The van der Waals surface area contributed by atoms with Crippen molar-refractivity contribution in [1.82, 2.24) is 4.90 Å². The van der Waals surface area contributed by atoms with Crippen molar-refractivity contribution in [2.75, 3.05) is 26.3 Å². The van der Waals surface area contributed by atoms with Crippen molar-refractivity contribution in [3.8, 4) is 0 Å². The molecule has 1 aliphatic rings. The lowest BCUT2D eigenvalue weighted by atomic mass is 10.2. The molecule has 0 spiro atoms. The highest BCUT2D eigenvalue weighted by Gasteiger charge is 2.39. The molecule has 0 aliphatic carbocycles. The summed E-state index contributed by atoms with van der Waals surface area (Å²) in [6, 6.07) is 0. The summed E-state index contributed by atoms with van der Waals surface area (Å²) in [5, 5.41) is 0.0580. The molecule has 0 radical (unpaired) electrons. The molecule has 0 N–H and O–H groups in total. The minimum atomic E-state index is -1.98. The second kappa shape index (κ2) is 7.51. The van der Waals surface area contributed by atoms with E-state index in [-0.39, 0.29) is 10.9 Å². The molecular weight excluding hydrogens is 286 g/mol. The Labute approximate surface area is 129 Å². The van der Waals surface area contributed by atoms with E-state index in [1.165, 1.54) is 0 Å². The van der Waals surface area contributed by atoms with Crippen LogP contribution in [0.2, 0.25) is 18.1 Å². The Balaban J connectivity index is 2.47. The smallest absolute Gasteiger partial charge is 0.222 e. The summed E-state index contributed by atoms with van der Waals surface area (Å²) < 4.78 is 11.3. The first-order chi connectivity index (χ1) is 9.67. The SMILES string of the molecule is CC(C)(C)[Si](C)(C)OC(C=O)CCC(=O)N1CCOCC1. The zero-order chi connectivity index (χ0) is 16.1. The Hall–Kier alpha value is -0.723. The summed E-state index contributed by atoms with van der Waals surface area (Å²) in [6.07, 6.45) is 1.19. The predicted molar refractivity (Wildman–Crippen MR) is 84.8 cm³/mol. The van der Waals surface area contributed by atoms with Crippen LogP contribution in [0.3, 0.4) is 0 Å². The van der Waals surface area contributed by atoms with Gasteiger partial charge in [0.25, 0.3) is 0 Å². The van der Waals surface area contributed by atoms with Gasteiger partial charge >= 0.3 is 0 Å². The number of carbonyl (C=O) groups is 2. The highest BCUT2D eigenvalue weighted by molar-refractivity contribution is 6.74. The van der Waals surface area contributed by atoms with E-state index in [4.69, 9.17) is 9.16 Å². The molecule has 1 heterocycles. The number of carbonyl (C=O) groups excluding carboxylic acids is 2. The largest absolute Gasteiger partial charge is 0.407 e. The second-order valence-corrected chi connectivity index (χ2v) is 11.8. The fourth-order valence-corrected chi connectivity index (χ4v) is 3.23. The standard InChI is InChI=1S/C15H29NO4Si/c1-15(2,3)21(4,5)20-13(12-17)6-7-14(18)16-8-10-19-11-9-16/h12-13H,6-11H2,1-5H3. The monoisotopic (exact) mass is 315 g/mol. The van der Waals surface area contributed by atoms with Gasteiger partial charge in [-0.05, 0) is 24.6 Å². The fourth-order valence-electron chi connectivity index (χ4n) is 1.95. The summed E-state index contributed by atoms with van der Waals surface area (Å²) in [4.78, 5) is 25.1. The van der Waals surface area contributed by atoms with Crippen LogP contribution in [0.4, 0.5) is 0 Å². The first kappa shape index (κ1) is 18.3. The normalized spacial score (nSPS) is 18.4. The molecule has 6 heteroatoms. The van der Waals surface area contributed by atoms with E-state index in [0.29, 0.717) is 39.1 Å². The van der Waals surface area contributed by atoms with Crippen LogP contribution in [0, 0.1) is 0 Å². The first-order valence-electron chi connectivity index (χ1n) is 7.66. The van der Waals surface area contributed by atoms with Gasteiger partial charge in [-0.3, -0.25) is 4.79 Å². The molecule has 1 unspecified atom stereocenters. The van der Waals surface area contributed by atoms with E-state index in [2.05, 4.69) is 33.9 Å². The third kappa shape index (κ3) is 5.52. The van der Waals surface area contributed by atoms with Crippen LogP contribution in [0.15, 0.2) is 0 Å². The maximum Gasteiger partial charge on any atom is 0.222 e. The average Bonchev–Trinajstić information content (AvgIpc) is 2.42. The van der Waals surface area contributed by atoms with E-state index in [0.717, 1.165) is 6.29 Å². The van der Waals surface area contributed by atoms with Gasteiger partial charge in [0.2, 0.25) is 5.91 Å². The number of amides is 1. The highest BCUT2D eigenvalue weighted by atomic mass is 28.4. The van der Waals surface area contributed by atoms with Crippen molar-refractivity contribution in [1.29, 1.82) is 0 Å². The van der Waals surface area contributed by atoms with E-state index in [1.807, 2.05) is 0 Å². The van der Waals surface area contributed by atoms with Gasteiger partial charge in [-0.25, -0.2) is 0 Å². The van der Waals surface area contributed by atoms with Gasteiger partial charge < -0.3 is 18.9 Å². The molecule has 1 fully saturated rings. The molecular formula is C15H29NO4Si. The van der Waals surface area contributed by atoms with Crippen molar-refractivity contribution in [2.24, 2.45) is 0 Å². The van der Waals surface area contributed by atoms with Crippen molar-refractivity contribution in [2.45, 2.75) is 57.8 Å². The summed E-state index contributed by atoms with van der Waals surface area (Å²) in [5.41, 5.74) is 0. The number of hydrogen-bond donors (Lipinski definition) is 0. The van der Waals surface area contributed by atoms with Crippen LogP contribution in [-0.2, 0) is 18.8 Å². The fraction of sp³-hybridized carbons (Fsp3) is 0.867. The van der Waals surface area contributed by atoms with Crippen LogP contribution >= 0.6 is 0 Å². The number of ether oxygens (including phenoxy) is 1. The maximum absolute atomic E-state index is 12.1. The number of aldehydes is 1. The quantitative estimate of drug-likeness (QED) is 0.557. The third-order valence-electron chi connectivity index (χ3n) is 4.41. The topological polar surface area (TPSA) is 55.8 Å². The number of rotatable bonds is 6. The van der Waals surface area contributed by atoms with Gasteiger partial charge in [0.1, 0.15) is 12.4 Å². The molecule has 0 aromatic rings. The lowest BCUT2D eigenvalue weighted by Gasteiger charge is -2.38. The molecule has 1 aliphatic heterocycles. The Morgan fingerprint density at radius 1 is 1.33 bits per heavy atom. The van der Waals surface area contributed by atoms with Crippen molar-refractivity contribution in [3.05, 3.63) is 0 Å². The van der Waals surface area contributed by atoms with Crippen LogP contribution in [0.1, 0.15) is 33.6 Å². The molecule has 1 saturated heterocycles. The molecule has 0 bridgehead atoms. The van der Waals surface area contributed by atoms with Crippen LogP contribution in [0.5, 0.6) is 0 Å². The first-order valence-corrected chi connectivity index (χ1v) is 10.6. The van der Waals surface area contributed by atoms with Crippen molar-refractivity contribution in [3.63, 3.8) is 0 Å². The highest BCUT2D eigenvalue weighted by Crippen LogP contribution is 2.37. The van der Waals surface area contributed by atoms with Gasteiger partial charge in [-0.2, -0.15) is 0 Å². The van der Waals surface area contributed by atoms with Gasteiger partial charge in [-0.15, -0.1) is 0 Å². The third-order valence-corrected chi connectivity index (χ3v) is 8.91. The zero-order valence-corrected chi connectivity index (χ0v) is 15.0. The molecule has 0 saturated carbocycles. The van der Waals surface area contributed by atoms with Crippen molar-refractivity contribution >= 4 is 20.5 Å². The summed E-state index contributed by atoms with van der Waals surface area (Å²) >= 11 is 0. The van der Waals surface area contributed by atoms with Gasteiger partial charge in [0, 0.05) is 19.5 Å².